The number of nitrogens with zero attached hydrogens (tertiary/aromatic N) is 3. The molecule has 10 aromatic rings. The zero-order valence-electron chi connectivity index (χ0n) is 24.2. The van der Waals surface area contributed by atoms with Gasteiger partial charge in [-0.05, 0) is 65.7 Å². The third kappa shape index (κ3) is 3.51. The second kappa shape index (κ2) is 9.18. The normalized spacial score (nSPS) is 12.0. The summed E-state index contributed by atoms with van der Waals surface area (Å²) in [5.74, 6) is 0. The van der Waals surface area contributed by atoms with Gasteiger partial charge in [-0.3, -0.25) is 4.98 Å². The Labute approximate surface area is 258 Å². The van der Waals surface area contributed by atoms with Gasteiger partial charge in [-0.1, -0.05) is 78.9 Å². The third-order valence-corrected chi connectivity index (χ3v) is 9.19. The number of fused-ring (bicyclic) bond motifs is 9. The number of para-hydroxylation sites is 3. The fraction of sp³-hybridized carbons (Fsp3) is 0. The van der Waals surface area contributed by atoms with Crippen molar-refractivity contribution in [3.63, 3.8) is 0 Å². The second-order valence-corrected chi connectivity index (χ2v) is 11.7. The maximum absolute atomic E-state index is 6.32. The zero-order chi connectivity index (χ0) is 29.5. The van der Waals surface area contributed by atoms with Crippen molar-refractivity contribution in [3.05, 3.63) is 152 Å². The van der Waals surface area contributed by atoms with Gasteiger partial charge < -0.3 is 13.6 Å². The van der Waals surface area contributed by atoms with Gasteiger partial charge in [0.2, 0.25) is 0 Å². The molecule has 0 aliphatic heterocycles. The van der Waals surface area contributed by atoms with Crippen molar-refractivity contribution in [1.82, 2.24) is 14.1 Å². The Morgan fingerprint density at radius 2 is 1.00 bits per heavy atom. The van der Waals surface area contributed by atoms with Gasteiger partial charge in [0, 0.05) is 56.0 Å². The van der Waals surface area contributed by atoms with Crippen LogP contribution in [0, 0.1) is 0 Å². The summed E-state index contributed by atoms with van der Waals surface area (Å²) in [6.45, 7) is 0. The molecule has 4 heterocycles. The molecule has 0 unspecified atom stereocenters. The number of benzene rings is 6. The van der Waals surface area contributed by atoms with Gasteiger partial charge in [0.1, 0.15) is 11.2 Å². The van der Waals surface area contributed by atoms with Crippen LogP contribution >= 0.6 is 0 Å². The molecule has 0 saturated carbocycles. The molecule has 0 N–H and O–H groups in total. The molecule has 0 fully saturated rings. The predicted octanol–water partition coefficient (Wildman–Crippen LogP) is 10.8. The quantitative estimate of drug-likeness (QED) is 0.210. The molecule has 6 aromatic carbocycles. The Bertz CT molecular complexity index is 2720. The number of rotatable bonds is 3. The highest BCUT2D eigenvalue weighted by Gasteiger charge is 2.17. The van der Waals surface area contributed by atoms with E-state index < -0.39 is 0 Å². The minimum atomic E-state index is 0.885. The summed E-state index contributed by atoms with van der Waals surface area (Å²) in [4.78, 5) is 4.52. The maximum atomic E-state index is 6.32. The van der Waals surface area contributed by atoms with E-state index in [-0.39, 0.29) is 0 Å². The fourth-order valence-electron chi connectivity index (χ4n) is 7.21. The first-order valence-corrected chi connectivity index (χ1v) is 15.2. The molecule has 45 heavy (non-hydrogen) atoms. The van der Waals surface area contributed by atoms with Gasteiger partial charge in [-0.15, -0.1) is 0 Å². The Morgan fingerprint density at radius 3 is 1.71 bits per heavy atom. The van der Waals surface area contributed by atoms with E-state index in [4.69, 9.17) is 4.42 Å². The van der Waals surface area contributed by atoms with E-state index in [1.54, 1.807) is 0 Å². The summed E-state index contributed by atoms with van der Waals surface area (Å²) < 4.78 is 11.0. The lowest BCUT2D eigenvalue weighted by molar-refractivity contribution is 0.669. The van der Waals surface area contributed by atoms with Crippen LogP contribution in [0.1, 0.15) is 0 Å². The van der Waals surface area contributed by atoms with Gasteiger partial charge in [-0.25, -0.2) is 0 Å². The molecule has 4 heteroatoms. The summed E-state index contributed by atoms with van der Waals surface area (Å²) >= 11 is 0. The van der Waals surface area contributed by atoms with Crippen molar-refractivity contribution in [3.8, 4) is 22.5 Å². The van der Waals surface area contributed by atoms with E-state index in [0.717, 1.165) is 55.5 Å². The lowest BCUT2D eigenvalue weighted by atomic mass is 10.0. The molecule has 0 atom stereocenters. The van der Waals surface area contributed by atoms with Crippen LogP contribution in [0.25, 0.3) is 88.1 Å². The van der Waals surface area contributed by atoms with E-state index in [1.165, 1.54) is 32.6 Å². The SMILES string of the molecule is c1cc(-c2cccc(-n3c4cnccc4c4cc5c(cc43)oc3ccccc35)c2)cc(-n2c3ccccc3c3ccccc32)c1. The van der Waals surface area contributed by atoms with Gasteiger partial charge >= 0.3 is 0 Å². The van der Waals surface area contributed by atoms with E-state index in [1.807, 2.05) is 24.5 Å². The highest BCUT2D eigenvalue weighted by Crippen LogP contribution is 2.39. The van der Waals surface area contributed by atoms with E-state index in [2.05, 4.69) is 142 Å². The van der Waals surface area contributed by atoms with Gasteiger partial charge in [0.25, 0.3) is 0 Å². The van der Waals surface area contributed by atoms with Crippen LogP contribution in [0.3, 0.4) is 0 Å². The Morgan fingerprint density at radius 1 is 0.400 bits per heavy atom. The van der Waals surface area contributed by atoms with Crippen molar-refractivity contribution in [1.29, 1.82) is 0 Å². The average molecular weight is 576 g/mol. The van der Waals surface area contributed by atoms with Gasteiger partial charge in [-0.2, -0.15) is 0 Å². The van der Waals surface area contributed by atoms with Crippen LogP contribution in [-0.2, 0) is 0 Å². The minimum Gasteiger partial charge on any atom is -0.456 e. The summed E-state index contributed by atoms with van der Waals surface area (Å²) in [6, 6.07) is 49.7. The summed E-state index contributed by atoms with van der Waals surface area (Å²) in [5, 5.41) is 7.15. The van der Waals surface area contributed by atoms with Crippen LogP contribution in [0.4, 0.5) is 0 Å². The predicted molar refractivity (Wildman–Crippen MR) is 186 cm³/mol. The molecule has 0 radical (unpaired) electrons. The second-order valence-electron chi connectivity index (χ2n) is 11.7. The molecule has 10 rings (SSSR count). The Balaban J connectivity index is 1.17. The first-order valence-electron chi connectivity index (χ1n) is 15.2. The summed E-state index contributed by atoms with van der Waals surface area (Å²) in [5.41, 5.74) is 10.9. The molecule has 0 bridgehead atoms. The number of pyridine rings is 1. The molecule has 0 aliphatic carbocycles. The van der Waals surface area contributed by atoms with Crippen molar-refractivity contribution < 1.29 is 4.42 Å². The first kappa shape index (κ1) is 24.3. The zero-order valence-corrected chi connectivity index (χ0v) is 24.2. The van der Waals surface area contributed by atoms with Crippen LogP contribution in [0.15, 0.2) is 156 Å². The standard InChI is InChI=1S/C41H25N3O/c1-4-16-36-30(13-1)31-14-2-5-17-37(31)43(36)28-11-7-9-26(21-28)27-10-8-12-29(22-27)44-38-24-41-35(33-15-3-6-18-40(33)45-41)23-34(38)32-19-20-42-25-39(32)44/h1-25H. The van der Waals surface area contributed by atoms with Crippen LogP contribution in [-0.4, -0.2) is 14.1 Å². The van der Waals surface area contributed by atoms with Crippen molar-refractivity contribution in [2.45, 2.75) is 0 Å². The van der Waals surface area contributed by atoms with E-state index in [9.17, 15) is 0 Å². The van der Waals surface area contributed by atoms with Gasteiger partial charge in [0.15, 0.2) is 0 Å². The topological polar surface area (TPSA) is 35.9 Å². The van der Waals surface area contributed by atoms with Crippen molar-refractivity contribution in [2.75, 3.05) is 0 Å². The van der Waals surface area contributed by atoms with Crippen LogP contribution in [0.2, 0.25) is 0 Å². The molecule has 4 aromatic heterocycles. The fourth-order valence-corrected chi connectivity index (χ4v) is 7.21. The highest BCUT2D eigenvalue weighted by atomic mass is 16.3. The van der Waals surface area contributed by atoms with Gasteiger partial charge in [0.05, 0.1) is 28.3 Å². The number of aromatic nitrogens is 3. The van der Waals surface area contributed by atoms with Crippen molar-refractivity contribution >= 4 is 65.6 Å². The van der Waals surface area contributed by atoms with Crippen LogP contribution < -0.4 is 0 Å². The number of hydrogen-bond donors (Lipinski definition) is 0. The van der Waals surface area contributed by atoms with Crippen LogP contribution in [0.5, 0.6) is 0 Å². The molecular weight excluding hydrogens is 550 g/mol. The lowest BCUT2D eigenvalue weighted by Crippen LogP contribution is -1.96. The molecular formula is C41H25N3O. The van der Waals surface area contributed by atoms with Crippen molar-refractivity contribution in [2.24, 2.45) is 0 Å². The summed E-state index contributed by atoms with van der Waals surface area (Å²) in [7, 11) is 0. The molecule has 0 spiro atoms. The molecule has 0 aliphatic rings. The Kier molecular flexibility index (Phi) is 4.96. The third-order valence-electron chi connectivity index (χ3n) is 9.19. The van der Waals surface area contributed by atoms with E-state index >= 15 is 0 Å². The monoisotopic (exact) mass is 575 g/mol. The number of hydrogen-bond acceptors (Lipinski definition) is 2. The highest BCUT2D eigenvalue weighted by molar-refractivity contribution is 6.17. The molecule has 4 nitrogen and oxygen atoms in total. The lowest BCUT2D eigenvalue weighted by Gasteiger charge is -2.12. The minimum absolute atomic E-state index is 0.885. The largest absolute Gasteiger partial charge is 0.456 e. The smallest absolute Gasteiger partial charge is 0.137 e. The first-order chi connectivity index (χ1) is 22.3. The Hall–Kier alpha value is -6.13. The van der Waals surface area contributed by atoms with E-state index in [0.29, 0.717) is 0 Å². The summed E-state index contributed by atoms with van der Waals surface area (Å²) in [6.07, 6.45) is 3.84. The maximum Gasteiger partial charge on any atom is 0.137 e. The molecule has 0 saturated heterocycles. The molecule has 0 amide bonds. The average Bonchev–Trinajstić information content (AvgIpc) is 3.74. The molecule has 210 valence electrons. The number of furan rings is 1.